The Kier molecular flexibility index (Phi) is 8.13. The molecule has 39 heavy (non-hydrogen) atoms. The fraction of sp³-hybridized carbons (Fsp3) is 0.241. The number of furan rings is 1. The Labute approximate surface area is 225 Å². The molecule has 200 valence electrons. The molecule has 3 aromatic rings. The predicted molar refractivity (Wildman–Crippen MR) is 146 cm³/mol. The largest absolute Gasteiger partial charge is 0.496 e. The maximum Gasteiger partial charge on any atom is 0.291 e. The van der Waals surface area contributed by atoms with Crippen molar-refractivity contribution in [3.8, 4) is 0 Å². The van der Waals surface area contributed by atoms with E-state index in [1.54, 1.807) is 41.4 Å². The number of fused-ring (bicyclic) bond motifs is 1. The smallest absolute Gasteiger partial charge is 0.291 e. The van der Waals surface area contributed by atoms with Crippen molar-refractivity contribution in [2.24, 2.45) is 0 Å². The number of nitrogens with zero attached hydrogens (tertiary/aromatic N) is 3. The van der Waals surface area contributed by atoms with Crippen LogP contribution in [0.4, 0.5) is 17.1 Å². The maximum atomic E-state index is 13.3. The normalized spacial score (nSPS) is 14.6. The first-order chi connectivity index (χ1) is 19.1. The van der Waals surface area contributed by atoms with Crippen molar-refractivity contribution in [3.63, 3.8) is 0 Å². The van der Waals surface area contributed by atoms with E-state index in [2.05, 4.69) is 21.7 Å². The topological polar surface area (TPSA) is 117 Å². The van der Waals surface area contributed by atoms with E-state index in [4.69, 9.17) is 9.15 Å². The van der Waals surface area contributed by atoms with Crippen molar-refractivity contribution in [2.75, 3.05) is 41.4 Å². The standard InChI is InChI=1S/C29H29N5O5/c35-27(19-30-18-22-7-4-5-13-31-22)34-20-28(36)33(14-16-38-23-8-2-1-3-9-23)24-12-11-21(17-25(24)34)32-29(37)26-10-6-15-39-26/h1-2,4-8,10-13,15,17,30H,3,9,14,16,18-20H2,(H,32,37). The highest BCUT2D eigenvalue weighted by atomic mass is 16.5. The minimum Gasteiger partial charge on any atom is -0.496 e. The van der Waals surface area contributed by atoms with Crippen molar-refractivity contribution >= 4 is 34.8 Å². The van der Waals surface area contributed by atoms with Gasteiger partial charge in [0.1, 0.15) is 13.2 Å². The van der Waals surface area contributed by atoms with E-state index >= 15 is 0 Å². The number of hydrogen-bond acceptors (Lipinski definition) is 7. The zero-order valence-corrected chi connectivity index (χ0v) is 21.3. The Morgan fingerprint density at radius 3 is 2.79 bits per heavy atom. The van der Waals surface area contributed by atoms with Crippen LogP contribution in [-0.4, -0.2) is 48.9 Å². The SMILES string of the molecule is O=C(Nc1ccc2c(c1)N(C(=O)CNCc1ccccn1)CC(=O)N2CCOC1=CC=CCC1)c1ccco1. The van der Waals surface area contributed by atoms with Crippen molar-refractivity contribution in [1.29, 1.82) is 0 Å². The summed E-state index contributed by atoms with van der Waals surface area (Å²) < 4.78 is 11.1. The second-order valence-corrected chi connectivity index (χ2v) is 9.03. The lowest BCUT2D eigenvalue weighted by Gasteiger charge is -2.36. The summed E-state index contributed by atoms with van der Waals surface area (Å²) in [6.45, 7) is 0.941. The van der Waals surface area contributed by atoms with Crippen LogP contribution in [0.25, 0.3) is 0 Å². The number of hydrogen-bond donors (Lipinski definition) is 2. The molecule has 10 heteroatoms. The number of ether oxygens (including phenoxy) is 1. The molecular weight excluding hydrogens is 498 g/mol. The molecule has 0 unspecified atom stereocenters. The van der Waals surface area contributed by atoms with Crippen LogP contribution in [0.5, 0.6) is 0 Å². The van der Waals surface area contributed by atoms with Gasteiger partial charge in [-0.1, -0.05) is 18.2 Å². The number of amides is 3. The van der Waals surface area contributed by atoms with Gasteiger partial charge in [-0.15, -0.1) is 0 Å². The highest BCUT2D eigenvalue weighted by molar-refractivity contribution is 6.12. The summed E-state index contributed by atoms with van der Waals surface area (Å²) in [6.07, 6.45) is 10.8. The van der Waals surface area contributed by atoms with Gasteiger partial charge in [0.15, 0.2) is 5.76 Å². The summed E-state index contributed by atoms with van der Waals surface area (Å²) in [4.78, 5) is 46.3. The molecule has 0 saturated heterocycles. The molecule has 2 aliphatic rings. The molecule has 3 heterocycles. The molecule has 3 amide bonds. The average Bonchev–Trinajstić information content (AvgIpc) is 3.51. The fourth-order valence-electron chi connectivity index (χ4n) is 4.42. The summed E-state index contributed by atoms with van der Waals surface area (Å²) in [5.74, 6) is 0.148. The first-order valence-corrected chi connectivity index (χ1v) is 12.8. The molecule has 2 N–H and O–H groups in total. The molecule has 1 aliphatic heterocycles. The fourth-order valence-corrected chi connectivity index (χ4v) is 4.42. The van der Waals surface area contributed by atoms with E-state index in [-0.39, 0.29) is 30.7 Å². The first-order valence-electron chi connectivity index (χ1n) is 12.8. The monoisotopic (exact) mass is 527 g/mol. The van der Waals surface area contributed by atoms with Crippen LogP contribution in [0, 0.1) is 0 Å². The van der Waals surface area contributed by atoms with Crippen molar-refractivity contribution in [3.05, 3.63) is 96.4 Å². The molecule has 0 bridgehead atoms. The maximum absolute atomic E-state index is 13.3. The summed E-state index contributed by atoms with van der Waals surface area (Å²) >= 11 is 0. The van der Waals surface area contributed by atoms with Crippen LogP contribution in [0.2, 0.25) is 0 Å². The zero-order chi connectivity index (χ0) is 27.0. The number of allylic oxidation sites excluding steroid dienone is 4. The number of pyridine rings is 1. The molecule has 0 saturated carbocycles. The van der Waals surface area contributed by atoms with Gasteiger partial charge in [0.05, 0.1) is 42.2 Å². The van der Waals surface area contributed by atoms with Crippen molar-refractivity contribution < 1.29 is 23.5 Å². The molecule has 5 rings (SSSR count). The van der Waals surface area contributed by atoms with Crippen LogP contribution < -0.4 is 20.4 Å². The Balaban J connectivity index is 1.33. The summed E-state index contributed by atoms with van der Waals surface area (Å²) in [5.41, 5.74) is 2.37. The third kappa shape index (κ3) is 6.42. The quantitative estimate of drug-likeness (QED) is 0.413. The van der Waals surface area contributed by atoms with Gasteiger partial charge in [-0.3, -0.25) is 24.3 Å². The van der Waals surface area contributed by atoms with E-state index in [1.807, 2.05) is 30.4 Å². The Morgan fingerprint density at radius 2 is 2.03 bits per heavy atom. The highest BCUT2D eigenvalue weighted by Gasteiger charge is 2.33. The predicted octanol–water partition coefficient (Wildman–Crippen LogP) is 3.65. The Morgan fingerprint density at radius 1 is 1.10 bits per heavy atom. The Hall–Kier alpha value is -4.70. The van der Waals surface area contributed by atoms with Crippen LogP contribution >= 0.6 is 0 Å². The van der Waals surface area contributed by atoms with Crippen LogP contribution in [-0.2, 0) is 20.9 Å². The molecule has 1 aromatic carbocycles. The minimum absolute atomic E-state index is 0.0110. The number of aromatic nitrogens is 1. The molecule has 1 aliphatic carbocycles. The van der Waals surface area contributed by atoms with Crippen LogP contribution in [0.15, 0.2) is 89.4 Å². The third-order valence-corrected chi connectivity index (χ3v) is 6.34. The number of rotatable bonds is 10. The second-order valence-electron chi connectivity index (χ2n) is 9.03. The van der Waals surface area contributed by atoms with Crippen molar-refractivity contribution in [1.82, 2.24) is 10.3 Å². The molecule has 0 spiro atoms. The van der Waals surface area contributed by atoms with Crippen LogP contribution in [0.1, 0.15) is 29.1 Å². The van der Waals surface area contributed by atoms with Gasteiger partial charge < -0.3 is 24.7 Å². The molecule has 0 radical (unpaired) electrons. The van der Waals surface area contributed by atoms with E-state index in [1.165, 1.54) is 11.2 Å². The van der Waals surface area contributed by atoms with Gasteiger partial charge in [0, 0.05) is 24.8 Å². The average molecular weight is 528 g/mol. The van der Waals surface area contributed by atoms with Gasteiger partial charge in [-0.25, -0.2) is 0 Å². The number of nitrogens with one attached hydrogen (secondary N) is 2. The van der Waals surface area contributed by atoms with E-state index in [9.17, 15) is 14.4 Å². The van der Waals surface area contributed by atoms with E-state index in [0.717, 1.165) is 24.3 Å². The van der Waals surface area contributed by atoms with Gasteiger partial charge in [0.2, 0.25) is 11.8 Å². The lowest BCUT2D eigenvalue weighted by Crippen LogP contribution is -2.51. The van der Waals surface area contributed by atoms with Gasteiger partial charge >= 0.3 is 0 Å². The number of benzene rings is 1. The highest BCUT2D eigenvalue weighted by Crippen LogP contribution is 2.36. The first kappa shape index (κ1) is 25.9. The number of anilines is 3. The molecular formula is C29H29N5O5. The molecule has 0 atom stereocenters. The minimum atomic E-state index is -0.415. The molecule has 10 nitrogen and oxygen atoms in total. The zero-order valence-electron chi connectivity index (χ0n) is 21.3. The van der Waals surface area contributed by atoms with Gasteiger partial charge in [-0.05, 0) is 55.0 Å². The Bertz CT molecular complexity index is 1380. The molecule has 2 aromatic heterocycles. The van der Waals surface area contributed by atoms with E-state index in [0.29, 0.717) is 36.8 Å². The number of carbonyl (C=O) groups excluding carboxylic acids is 3. The van der Waals surface area contributed by atoms with Gasteiger partial charge in [0.25, 0.3) is 5.91 Å². The van der Waals surface area contributed by atoms with Crippen LogP contribution in [0.3, 0.4) is 0 Å². The van der Waals surface area contributed by atoms with E-state index < -0.39 is 5.91 Å². The summed E-state index contributed by atoms with van der Waals surface area (Å²) in [7, 11) is 0. The summed E-state index contributed by atoms with van der Waals surface area (Å²) in [5, 5.41) is 5.89. The lowest BCUT2D eigenvalue weighted by atomic mass is 10.1. The third-order valence-electron chi connectivity index (χ3n) is 6.34. The van der Waals surface area contributed by atoms with Crippen molar-refractivity contribution in [2.45, 2.75) is 19.4 Å². The molecule has 0 fully saturated rings. The number of carbonyl (C=O) groups is 3. The second kappa shape index (κ2) is 12.2. The summed E-state index contributed by atoms with van der Waals surface area (Å²) in [6, 6.07) is 13.9. The van der Waals surface area contributed by atoms with Gasteiger partial charge in [-0.2, -0.15) is 0 Å². The lowest BCUT2D eigenvalue weighted by molar-refractivity contribution is -0.122.